The van der Waals surface area contributed by atoms with Crippen molar-refractivity contribution in [1.29, 1.82) is 0 Å². The van der Waals surface area contributed by atoms with E-state index in [0.717, 1.165) is 17.8 Å². The molecule has 37 heavy (non-hydrogen) atoms. The molecule has 1 saturated heterocycles. The van der Waals surface area contributed by atoms with E-state index in [-0.39, 0.29) is 21.3 Å². The van der Waals surface area contributed by atoms with E-state index in [4.69, 9.17) is 14.2 Å². The Labute approximate surface area is 217 Å². The van der Waals surface area contributed by atoms with E-state index < -0.39 is 23.7 Å². The number of carbonyl (C=O) groups excluding carboxylic acids is 3. The zero-order valence-corrected chi connectivity index (χ0v) is 21.6. The maximum Gasteiger partial charge on any atom is 0.350 e. The number of hydrogen-bond donors (Lipinski definition) is 1. The average Bonchev–Trinajstić information content (AvgIpc) is 3.43. The van der Waals surface area contributed by atoms with Gasteiger partial charge in [0.15, 0.2) is 5.13 Å². The number of rotatable bonds is 8. The highest BCUT2D eigenvalue weighted by Gasteiger charge is 2.48. The van der Waals surface area contributed by atoms with Crippen LogP contribution in [0, 0.1) is 6.92 Å². The summed E-state index contributed by atoms with van der Waals surface area (Å²) in [6, 6.07) is 12.5. The normalized spacial score (nSPS) is 16.6. The Balaban J connectivity index is 1.85. The van der Waals surface area contributed by atoms with Gasteiger partial charge in [0.2, 0.25) is 0 Å². The molecule has 0 bridgehead atoms. The van der Waals surface area contributed by atoms with Crippen molar-refractivity contribution in [1.82, 2.24) is 4.98 Å². The maximum atomic E-state index is 13.3. The molecular formula is C27H26N2O7S. The molecule has 1 aromatic heterocycles. The number of anilines is 1. The first kappa shape index (κ1) is 25.9. The number of aromatic nitrogens is 1. The van der Waals surface area contributed by atoms with Gasteiger partial charge in [-0.3, -0.25) is 14.5 Å². The number of aliphatic hydroxyl groups excluding tert-OH is 1. The molecule has 0 spiro atoms. The Bertz CT molecular complexity index is 1360. The molecule has 2 heterocycles. The molecule has 1 aliphatic rings. The predicted octanol–water partition coefficient (Wildman–Crippen LogP) is 4.66. The monoisotopic (exact) mass is 522 g/mol. The summed E-state index contributed by atoms with van der Waals surface area (Å²) in [6.45, 7) is 4.17. The third-order valence-electron chi connectivity index (χ3n) is 5.84. The Hall–Kier alpha value is -4.18. The topological polar surface area (TPSA) is 115 Å². The smallest absolute Gasteiger partial charge is 0.350 e. The summed E-state index contributed by atoms with van der Waals surface area (Å²) in [5, 5.41) is 11.4. The third-order valence-corrected chi connectivity index (χ3v) is 6.98. The summed E-state index contributed by atoms with van der Waals surface area (Å²) >= 11 is 0.942. The molecule has 2 aromatic carbocycles. The van der Waals surface area contributed by atoms with Gasteiger partial charge < -0.3 is 19.3 Å². The molecule has 0 saturated carbocycles. The van der Waals surface area contributed by atoms with E-state index in [9.17, 15) is 19.5 Å². The Morgan fingerprint density at radius 2 is 1.70 bits per heavy atom. The van der Waals surface area contributed by atoms with E-state index in [1.807, 2.05) is 6.92 Å². The molecule has 10 heteroatoms. The third kappa shape index (κ3) is 4.92. The summed E-state index contributed by atoms with van der Waals surface area (Å²) in [5.74, 6) is -1.44. The van der Waals surface area contributed by atoms with Crippen LogP contribution in [-0.4, -0.2) is 48.6 Å². The van der Waals surface area contributed by atoms with Crippen LogP contribution in [0.25, 0.3) is 5.76 Å². The molecule has 1 atom stereocenters. The van der Waals surface area contributed by atoms with Crippen molar-refractivity contribution in [2.24, 2.45) is 0 Å². The first-order valence-electron chi connectivity index (χ1n) is 11.5. The van der Waals surface area contributed by atoms with Gasteiger partial charge in [0.25, 0.3) is 5.78 Å². The molecule has 1 amide bonds. The van der Waals surface area contributed by atoms with Crippen LogP contribution in [0.3, 0.4) is 0 Å². The standard InChI is InChI=1S/C27H26N2O7S/c1-5-14-36-19-12-8-17(9-13-19)22(30)20-21(16-6-10-18(34-3)11-7-16)29(25(32)23(20)31)27-28-15(2)24(37-27)26(33)35-4/h6-13,21,30H,5,14H2,1-4H3/t21-/m0/s1. The lowest BCUT2D eigenvalue weighted by molar-refractivity contribution is -0.132. The molecule has 192 valence electrons. The number of Topliss-reactive ketones (excluding diaryl/α,β-unsaturated/α-hetero) is 1. The highest BCUT2D eigenvalue weighted by molar-refractivity contribution is 7.17. The van der Waals surface area contributed by atoms with E-state index in [1.165, 1.54) is 19.1 Å². The summed E-state index contributed by atoms with van der Waals surface area (Å²) in [5.41, 5.74) is 1.18. The molecule has 1 N–H and O–H groups in total. The van der Waals surface area contributed by atoms with Gasteiger partial charge in [-0.25, -0.2) is 9.78 Å². The lowest BCUT2D eigenvalue weighted by atomic mass is 9.95. The maximum absolute atomic E-state index is 13.3. The number of benzene rings is 2. The molecule has 9 nitrogen and oxygen atoms in total. The number of ether oxygens (including phenoxy) is 3. The van der Waals surface area contributed by atoms with Crippen LogP contribution in [0.15, 0.2) is 54.1 Å². The van der Waals surface area contributed by atoms with E-state index >= 15 is 0 Å². The van der Waals surface area contributed by atoms with E-state index in [2.05, 4.69) is 4.98 Å². The molecule has 0 unspecified atom stereocenters. The number of ketones is 1. The van der Waals surface area contributed by atoms with Crippen LogP contribution in [-0.2, 0) is 14.3 Å². The lowest BCUT2D eigenvalue weighted by Gasteiger charge is -2.23. The Kier molecular flexibility index (Phi) is 7.58. The summed E-state index contributed by atoms with van der Waals surface area (Å²) < 4.78 is 15.7. The first-order valence-corrected chi connectivity index (χ1v) is 12.4. The second-order valence-electron chi connectivity index (χ2n) is 8.22. The highest BCUT2D eigenvalue weighted by atomic mass is 32.1. The SMILES string of the molecule is CCCOc1ccc(C(O)=C2C(=O)C(=O)N(c3nc(C)c(C(=O)OC)s3)[C@H]2c2ccc(OC)cc2)cc1. The molecule has 4 rings (SSSR count). The Morgan fingerprint density at radius 3 is 2.30 bits per heavy atom. The first-order chi connectivity index (χ1) is 17.8. The highest BCUT2D eigenvalue weighted by Crippen LogP contribution is 2.44. The number of amides is 1. The van der Waals surface area contributed by atoms with Crippen molar-refractivity contribution >= 4 is 39.9 Å². The van der Waals surface area contributed by atoms with Gasteiger partial charge >= 0.3 is 11.9 Å². The van der Waals surface area contributed by atoms with Crippen molar-refractivity contribution in [2.45, 2.75) is 26.3 Å². The van der Waals surface area contributed by atoms with Gasteiger partial charge in [-0.2, -0.15) is 0 Å². The summed E-state index contributed by atoms with van der Waals surface area (Å²) in [4.78, 5) is 44.7. The summed E-state index contributed by atoms with van der Waals surface area (Å²) in [6.07, 6.45) is 0.848. The number of hydrogen-bond acceptors (Lipinski definition) is 9. The fourth-order valence-electron chi connectivity index (χ4n) is 3.98. The van der Waals surface area contributed by atoms with Crippen molar-refractivity contribution in [3.63, 3.8) is 0 Å². The molecule has 1 aliphatic heterocycles. The van der Waals surface area contributed by atoms with Crippen LogP contribution in [0.2, 0.25) is 0 Å². The minimum atomic E-state index is -0.988. The van der Waals surface area contributed by atoms with Crippen molar-refractivity contribution < 1.29 is 33.7 Å². The van der Waals surface area contributed by atoms with Gasteiger partial charge in [-0.15, -0.1) is 0 Å². The van der Waals surface area contributed by atoms with Crippen LogP contribution in [0.4, 0.5) is 5.13 Å². The van der Waals surface area contributed by atoms with Gasteiger partial charge in [0, 0.05) is 5.56 Å². The van der Waals surface area contributed by atoms with Crippen LogP contribution < -0.4 is 14.4 Å². The largest absolute Gasteiger partial charge is 0.507 e. The second-order valence-corrected chi connectivity index (χ2v) is 9.20. The minimum absolute atomic E-state index is 0.0927. The molecule has 3 aromatic rings. The fraction of sp³-hybridized carbons (Fsp3) is 0.259. The molecule has 0 aliphatic carbocycles. The summed E-state index contributed by atoms with van der Waals surface area (Å²) in [7, 11) is 2.78. The minimum Gasteiger partial charge on any atom is -0.507 e. The number of aliphatic hydroxyl groups is 1. The second kappa shape index (κ2) is 10.8. The van der Waals surface area contributed by atoms with Gasteiger partial charge in [-0.1, -0.05) is 30.4 Å². The van der Waals surface area contributed by atoms with Crippen molar-refractivity contribution in [3.05, 3.63) is 75.8 Å². The van der Waals surface area contributed by atoms with Gasteiger partial charge in [0.1, 0.15) is 22.1 Å². The van der Waals surface area contributed by atoms with Crippen LogP contribution in [0.5, 0.6) is 11.5 Å². The number of carbonyl (C=O) groups is 3. The zero-order chi connectivity index (χ0) is 26.7. The fourth-order valence-corrected chi connectivity index (χ4v) is 5.00. The van der Waals surface area contributed by atoms with Crippen molar-refractivity contribution in [3.8, 4) is 11.5 Å². The van der Waals surface area contributed by atoms with Crippen LogP contribution in [0.1, 0.15) is 45.9 Å². The Morgan fingerprint density at radius 1 is 1.05 bits per heavy atom. The number of nitrogens with zero attached hydrogens (tertiary/aromatic N) is 2. The number of aryl methyl sites for hydroxylation is 1. The van der Waals surface area contributed by atoms with Crippen molar-refractivity contribution in [2.75, 3.05) is 25.7 Å². The predicted molar refractivity (Wildman–Crippen MR) is 138 cm³/mol. The number of esters is 1. The average molecular weight is 523 g/mol. The quantitative estimate of drug-likeness (QED) is 0.197. The van der Waals surface area contributed by atoms with E-state index in [1.54, 1.807) is 55.5 Å². The molecule has 0 radical (unpaired) electrons. The van der Waals surface area contributed by atoms with Gasteiger partial charge in [-0.05, 0) is 55.3 Å². The zero-order valence-electron chi connectivity index (χ0n) is 20.8. The van der Waals surface area contributed by atoms with Gasteiger partial charge in [0.05, 0.1) is 38.1 Å². The van der Waals surface area contributed by atoms with Crippen LogP contribution >= 0.6 is 11.3 Å². The number of thiazole rings is 1. The number of methoxy groups -OCH3 is 2. The molecule has 1 fully saturated rings. The van der Waals surface area contributed by atoms with E-state index in [0.29, 0.717) is 34.9 Å². The lowest BCUT2D eigenvalue weighted by Crippen LogP contribution is -2.29. The molecular weight excluding hydrogens is 496 g/mol.